The molecule has 1 saturated carbocycles. The number of imidazole rings is 1. The highest BCUT2D eigenvalue weighted by Gasteiger charge is 2.36. The van der Waals surface area contributed by atoms with Gasteiger partial charge in [0.05, 0.1) is 25.1 Å². The van der Waals surface area contributed by atoms with Crippen LogP contribution in [0.5, 0.6) is 0 Å². The minimum atomic E-state index is -1.21. The number of aromatic nitrogens is 2. The summed E-state index contributed by atoms with van der Waals surface area (Å²) in [4.78, 5) is 50.7. The fourth-order valence-electron chi connectivity index (χ4n) is 5.93. The number of ether oxygens (including phenoxy) is 1. The maximum absolute atomic E-state index is 14.1. The monoisotopic (exact) mass is 627 g/mol. The van der Waals surface area contributed by atoms with Crippen LogP contribution < -0.4 is 5.32 Å². The Balaban J connectivity index is 1.86. The minimum Gasteiger partial charge on any atom is -0.436 e. The zero-order valence-corrected chi connectivity index (χ0v) is 27.4. The number of amides is 3. The van der Waals surface area contributed by atoms with Gasteiger partial charge in [0.15, 0.2) is 6.10 Å². The Morgan fingerprint density at radius 2 is 1.78 bits per heavy atom. The van der Waals surface area contributed by atoms with Gasteiger partial charge in [-0.1, -0.05) is 76.3 Å². The number of aliphatic hydroxyl groups excluding tert-OH is 2. The predicted octanol–water partition coefficient (Wildman–Crippen LogP) is 3.70. The van der Waals surface area contributed by atoms with E-state index in [-0.39, 0.29) is 31.9 Å². The summed E-state index contributed by atoms with van der Waals surface area (Å²) in [6.45, 7) is 4.03. The normalized spacial score (nSPS) is 16.4. The highest BCUT2D eigenvalue weighted by atomic mass is 16.6. The van der Waals surface area contributed by atoms with Crippen molar-refractivity contribution in [3.05, 3.63) is 54.1 Å². The third kappa shape index (κ3) is 11.8. The summed E-state index contributed by atoms with van der Waals surface area (Å²) in [7, 11) is 3.02. The lowest BCUT2D eigenvalue weighted by Gasteiger charge is -2.34. The summed E-state index contributed by atoms with van der Waals surface area (Å²) in [6, 6.07) is 7.81. The number of aliphatic hydroxyl groups is 2. The summed E-state index contributed by atoms with van der Waals surface area (Å²) in [5, 5.41) is 23.7. The lowest BCUT2D eigenvalue weighted by molar-refractivity contribution is -0.146. The molecule has 11 nitrogen and oxygen atoms in total. The van der Waals surface area contributed by atoms with Gasteiger partial charge in [-0.25, -0.2) is 9.78 Å². The van der Waals surface area contributed by atoms with Crippen molar-refractivity contribution in [2.75, 3.05) is 27.2 Å². The van der Waals surface area contributed by atoms with Gasteiger partial charge in [0.25, 0.3) is 5.91 Å². The van der Waals surface area contributed by atoms with Crippen LogP contribution in [0.25, 0.3) is 0 Å². The molecule has 1 heterocycles. The predicted molar refractivity (Wildman–Crippen MR) is 172 cm³/mol. The number of carbonyl (C=O) groups excluding carboxylic acids is 3. The van der Waals surface area contributed by atoms with E-state index in [4.69, 9.17) is 4.74 Å². The molecule has 1 aliphatic carbocycles. The molecule has 0 aliphatic heterocycles. The van der Waals surface area contributed by atoms with Crippen molar-refractivity contribution in [3.8, 4) is 0 Å². The van der Waals surface area contributed by atoms with Gasteiger partial charge in [0.2, 0.25) is 5.91 Å². The van der Waals surface area contributed by atoms with E-state index in [0.29, 0.717) is 30.4 Å². The van der Waals surface area contributed by atoms with Crippen molar-refractivity contribution in [2.24, 2.45) is 11.8 Å². The van der Waals surface area contributed by atoms with E-state index in [1.807, 2.05) is 30.3 Å². The summed E-state index contributed by atoms with van der Waals surface area (Å²) < 4.78 is 5.68. The molecule has 0 spiro atoms. The molecule has 1 aromatic heterocycles. The minimum absolute atomic E-state index is 0.0489. The number of carbonyl (C=O) groups is 3. The molecule has 2 aromatic rings. The van der Waals surface area contributed by atoms with Crippen LogP contribution in [0.4, 0.5) is 4.79 Å². The molecule has 0 saturated heterocycles. The average Bonchev–Trinajstić information content (AvgIpc) is 3.55. The van der Waals surface area contributed by atoms with Crippen LogP contribution in [-0.2, 0) is 27.2 Å². The Morgan fingerprint density at radius 3 is 2.40 bits per heavy atom. The van der Waals surface area contributed by atoms with Gasteiger partial charge in [0, 0.05) is 45.4 Å². The van der Waals surface area contributed by atoms with Gasteiger partial charge in [-0.2, -0.15) is 0 Å². The SMILES string of the molecule is CC(C)CC[C@H](O)[C@H](CC1CCCCC1)NC(=O)[C@H](Cc1cnc[nH]1)N(C)C(=O)[C@H](Cc1ccccc1)OC(=O)N(C)CCO. The lowest BCUT2D eigenvalue weighted by Crippen LogP contribution is -2.56. The Hall–Kier alpha value is -3.44. The van der Waals surface area contributed by atoms with E-state index in [9.17, 15) is 24.6 Å². The van der Waals surface area contributed by atoms with Gasteiger partial charge in [-0.05, 0) is 36.7 Å². The first kappa shape index (κ1) is 36.0. The van der Waals surface area contributed by atoms with Crippen molar-refractivity contribution in [3.63, 3.8) is 0 Å². The van der Waals surface area contributed by atoms with Crippen LogP contribution in [0.2, 0.25) is 0 Å². The molecule has 4 N–H and O–H groups in total. The number of H-pyrrole nitrogens is 1. The molecule has 0 radical (unpaired) electrons. The lowest BCUT2D eigenvalue weighted by atomic mass is 9.83. The Kier molecular flexibility index (Phi) is 14.8. The second-order valence-electron chi connectivity index (χ2n) is 12.8. The Morgan fingerprint density at radius 1 is 1.07 bits per heavy atom. The zero-order valence-electron chi connectivity index (χ0n) is 27.4. The van der Waals surface area contributed by atoms with Crippen LogP contribution in [-0.4, -0.2) is 99.4 Å². The van der Waals surface area contributed by atoms with Crippen LogP contribution in [0.1, 0.15) is 76.5 Å². The number of hydrogen-bond acceptors (Lipinski definition) is 7. The van der Waals surface area contributed by atoms with E-state index in [1.165, 1.54) is 36.6 Å². The largest absolute Gasteiger partial charge is 0.436 e. The van der Waals surface area contributed by atoms with Crippen LogP contribution in [0.3, 0.4) is 0 Å². The highest BCUT2D eigenvalue weighted by molar-refractivity contribution is 5.90. The first-order chi connectivity index (χ1) is 21.6. The average molecular weight is 628 g/mol. The highest BCUT2D eigenvalue weighted by Crippen LogP contribution is 2.29. The molecular weight excluding hydrogens is 574 g/mol. The molecule has 0 unspecified atom stereocenters. The first-order valence-electron chi connectivity index (χ1n) is 16.4. The van der Waals surface area contributed by atoms with Crippen LogP contribution in [0, 0.1) is 11.8 Å². The second kappa shape index (κ2) is 18.5. The fourth-order valence-corrected chi connectivity index (χ4v) is 5.93. The molecule has 4 atom stereocenters. The molecule has 0 bridgehead atoms. The first-order valence-corrected chi connectivity index (χ1v) is 16.4. The summed E-state index contributed by atoms with van der Waals surface area (Å²) in [5.74, 6) is -0.0718. The molecule has 45 heavy (non-hydrogen) atoms. The molecule has 3 rings (SSSR count). The third-order valence-electron chi connectivity index (χ3n) is 8.76. The number of nitrogens with one attached hydrogen (secondary N) is 2. The number of rotatable bonds is 17. The molecule has 1 aliphatic rings. The molecular formula is C34H53N5O6. The van der Waals surface area contributed by atoms with Gasteiger partial charge in [-0.15, -0.1) is 0 Å². The summed E-state index contributed by atoms with van der Waals surface area (Å²) in [5.41, 5.74) is 1.45. The van der Waals surface area contributed by atoms with Gasteiger partial charge in [0.1, 0.15) is 6.04 Å². The van der Waals surface area contributed by atoms with Crippen molar-refractivity contribution < 1.29 is 29.3 Å². The number of nitrogens with zero attached hydrogens (tertiary/aromatic N) is 3. The standard InChI is InChI=1S/C34H53N5O6/c1-24(2)15-16-30(41)28(19-25-11-7-5-8-12-25)37-32(42)29(21-27-22-35-23-36-27)39(4)33(43)31(20-26-13-9-6-10-14-26)45-34(44)38(3)17-18-40/h6,9-10,13-14,22-25,28-31,40-41H,5,7-8,11-12,15-21H2,1-4H3,(H,35,36)(H,37,42)/t28-,29-,30-,31-/m0/s1. The van der Waals surface area contributed by atoms with E-state index in [1.54, 1.807) is 6.20 Å². The Bertz CT molecular complexity index is 1160. The van der Waals surface area contributed by atoms with Crippen molar-refractivity contribution in [1.82, 2.24) is 25.1 Å². The van der Waals surface area contributed by atoms with Gasteiger partial charge >= 0.3 is 6.09 Å². The maximum atomic E-state index is 14.1. The molecule has 11 heteroatoms. The van der Waals surface area contributed by atoms with E-state index < -0.39 is 36.3 Å². The quantitative estimate of drug-likeness (QED) is 0.209. The number of likely N-dealkylation sites (N-methyl/N-ethyl adjacent to an activating group) is 2. The molecule has 250 valence electrons. The number of aromatic amines is 1. The van der Waals surface area contributed by atoms with E-state index >= 15 is 0 Å². The maximum Gasteiger partial charge on any atom is 0.410 e. The van der Waals surface area contributed by atoms with Crippen molar-refractivity contribution in [2.45, 2.75) is 102 Å². The zero-order chi connectivity index (χ0) is 32.8. The summed E-state index contributed by atoms with van der Waals surface area (Å²) >= 11 is 0. The number of hydrogen-bond donors (Lipinski definition) is 4. The van der Waals surface area contributed by atoms with Crippen LogP contribution in [0.15, 0.2) is 42.9 Å². The van der Waals surface area contributed by atoms with E-state index in [2.05, 4.69) is 29.1 Å². The molecule has 1 aromatic carbocycles. The molecule has 1 fully saturated rings. The second-order valence-corrected chi connectivity index (χ2v) is 12.8. The van der Waals surface area contributed by atoms with Crippen LogP contribution >= 0.6 is 0 Å². The van der Waals surface area contributed by atoms with E-state index in [0.717, 1.165) is 37.7 Å². The number of benzene rings is 1. The van der Waals surface area contributed by atoms with Crippen molar-refractivity contribution in [1.29, 1.82) is 0 Å². The molecule has 3 amide bonds. The fraction of sp³-hybridized carbons (Fsp3) is 0.647. The third-order valence-corrected chi connectivity index (χ3v) is 8.76. The van der Waals surface area contributed by atoms with Gasteiger partial charge in [-0.3, -0.25) is 9.59 Å². The van der Waals surface area contributed by atoms with Crippen molar-refractivity contribution >= 4 is 17.9 Å². The summed E-state index contributed by atoms with van der Waals surface area (Å²) in [6.07, 6.45) is 8.51. The Labute approximate surface area is 267 Å². The topological polar surface area (TPSA) is 148 Å². The smallest absolute Gasteiger partial charge is 0.410 e. The van der Waals surface area contributed by atoms with Gasteiger partial charge < -0.3 is 35.1 Å².